The zero-order chi connectivity index (χ0) is 17.5. The number of ether oxygens (including phenoxy) is 3. The number of nitrogens with zero attached hydrogens (tertiary/aromatic N) is 1. The summed E-state index contributed by atoms with van der Waals surface area (Å²) in [4.78, 5) is 24.6. The van der Waals surface area contributed by atoms with Crippen molar-refractivity contribution in [2.45, 2.75) is 12.5 Å². The Kier molecular flexibility index (Phi) is 6.20. The highest BCUT2D eigenvalue weighted by Crippen LogP contribution is 2.25. The van der Waals surface area contributed by atoms with Crippen molar-refractivity contribution in [1.29, 1.82) is 0 Å². The third kappa shape index (κ3) is 4.73. The average molecular weight is 335 g/mol. The van der Waals surface area contributed by atoms with E-state index in [0.29, 0.717) is 24.7 Å². The fraction of sp³-hybridized carbons (Fsp3) is 0.412. The average Bonchev–Trinajstić information content (AvgIpc) is 2.59. The number of carbonyl (C=O) groups is 2. The molecule has 1 aromatic carbocycles. The summed E-state index contributed by atoms with van der Waals surface area (Å²) in [7, 11) is 3.12. The van der Waals surface area contributed by atoms with E-state index in [4.69, 9.17) is 19.3 Å². The molecule has 7 nitrogen and oxygen atoms in total. The Morgan fingerprint density at radius 2 is 2.17 bits per heavy atom. The van der Waals surface area contributed by atoms with Crippen molar-refractivity contribution in [3.8, 4) is 11.5 Å². The largest absolute Gasteiger partial charge is 0.497 e. The van der Waals surface area contributed by atoms with Crippen LogP contribution in [0.4, 0.5) is 0 Å². The second-order valence-corrected chi connectivity index (χ2v) is 5.32. The monoisotopic (exact) mass is 335 g/mol. The van der Waals surface area contributed by atoms with Crippen LogP contribution in [0.25, 0.3) is 6.08 Å². The number of rotatable bonds is 6. The summed E-state index contributed by atoms with van der Waals surface area (Å²) < 4.78 is 15.8. The van der Waals surface area contributed by atoms with Gasteiger partial charge in [-0.25, -0.2) is 0 Å². The van der Waals surface area contributed by atoms with Gasteiger partial charge in [-0.3, -0.25) is 9.59 Å². The molecule has 0 aliphatic carbocycles. The lowest BCUT2D eigenvalue weighted by molar-refractivity contribution is -0.145. The molecule has 1 aliphatic heterocycles. The lowest BCUT2D eigenvalue weighted by Crippen LogP contribution is -2.45. The molecule has 0 bridgehead atoms. The number of hydrogen-bond acceptors (Lipinski definition) is 5. The molecule has 1 aromatic rings. The number of amides is 1. The number of carboxylic acids is 1. The van der Waals surface area contributed by atoms with Crippen molar-refractivity contribution >= 4 is 18.0 Å². The van der Waals surface area contributed by atoms with Crippen molar-refractivity contribution in [2.75, 3.05) is 33.9 Å². The molecule has 0 saturated carbocycles. The van der Waals surface area contributed by atoms with Gasteiger partial charge in [0.1, 0.15) is 11.5 Å². The Bertz CT molecular complexity index is 628. The molecular weight excluding hydrogens is 314 g/mol. The van der Waals surface area contributed by atoms with Crippen LogP contribution in [0.15, 0.2) is 24.3 Å². The number of carboxylic acid groups (broad SMARTS) is 1. The van der Waals surface area contributed by atoms with Gasteiger partial charge in [0, 0.05) is 30.8 Å². The predicted molar refractivity (Wildman–Crippen MR) is 87.2 cm³/mol. The first kappa shape index (κ1) is 17.8. The number of benzene rings is 1. The highest BCUT2D eigenvalue weighted by atomic mass is 16.5. The van der Waals surface area contributed by atoms with E-state index in [9.17, 15) is 9.59 Å². The van der Waals surface area contributed by atoms with E-state index >= 15 is 0 Å². The molecule has 1 N–H and O–H groups in total. The van der Waals surface area contributed by atoms with Crippen LogP contribution in [0.3, 0.4) is 0 Å². The van der Waals surface area contributed by atoms with E-state index < -0.39 is 12.1 Å². The normalized spacial score (nSPS) is 17.8. The van der Waals surface area contributed by atoms with E-state index in [1.54, 1.807) is 43.4 Å². The molecule has 7 heteroatoms. The van der Waals surface area contributed by atoms with Gasteiger partial charge in [0.05, 0.1) is 33.4 Å². The minimum Gasteiger partial charge on any atom is -0.497 e. The van der Waals surface area contributed by atoms with E-state index in [-0.39, 0.29) is 18.9 Å². The van der Waals surface area contributed by atoms with Gasteiger partial charge in [-0.15, -0.1) is 0 Å². The summed E-state index contributed by atoms with van der Waals surface area (Å²) in [6.45, 7) is 1.05. The maximum absolute atomic E-state index is 12.3. The quantitative estimate of drug-likeness (QED) is 0.792. The second-order valence-electron chi connectivity index (χ2n) is 5.32. The van der Waals surface area contributed by atoms with Crippen LogP contribution < -0.4 is 9.47 Å². The van der Waals surface area contributed by atoms with E-state index in [1.165, 1.54) is 6.08 Å². The van der Waals surface area contributed by atoms with Crippen LogP contribution in [0.5, 0.6) is 11.5 Å². The molecule has 0 radical (unpaired) electrons. The molecule has 24 heavy (non-hydrogen) atoms. The van der Waals surface area contributed by atoms with Crippen LogP contribution in [0.2, 0.25) is 0 Å². The van der Waals surface area contributed by atoms with Crippen LogP contribution in [0.1, 0.15) is 12.0 Å². The molecule has 1 amide bonds. The molecule has 1 saturated heterocycles. The van der Waals surface area contributed by atoms with E-state index in [0.717, 1.165) is 5.56 Å². The van der Waals surface area contributed by atoms with Gasteiger partial charge in [-0.05, 0) is 18.2 Å². The zero-order valence-electron chi connectivity index (χ0n) is 13.7. The molecule has 1 aliphatic rings. The van der Waals surface area contributed by atoms with Gasteiger partial charge >= 0.3 is 5.97 Å². The summed E-state index contributed by atoms with van der Waals surface area (Å²) in [5.41, 5.74) is 0.752. The third-order valence-corrected chi connectivity index (χ3v) is 3.70. The van der Waals surface area contributed by atoms with Crippen molar-refractivity contribution in [3.05, 3.63) is 29.8 Å². The Hall–Kier alpha value is -2.54. The molecule has 1 heterocycles. The molecule has 1 unspecified atom stereocenters. The van der Waals surface area contributed by atoms with Gasteiger partial charge in [0.25, 0.3) is 0 Å². The number of morpholine rings is 1. The van der Waals surface area contributed by atoms with Gasteiger partial charge in [-0.1, -0.05) is 0 Å². The molecule has 2 rings (SSSR count). The summed E-state index contributed by atoms with van der Waals surface area (Å²) in [6, 6.07) is 5.32. The predicted octanol–water partition coefficient (Wildman–Crippen LogP) is 1.42. The zero-order valence-corrected chi connectivity index (χ0v) is 13.7. The molecule has 0 spiro atoms. The van der Waals surface area contributed by atoms with Crippen molar-refractivity contribution in [1.82, 2.24) is 4.90 Å². The second kappa shape index (κ2) is 8.35. The van der Waals surface area contributed by atoms with E-state index in [1.807, 2.05) is 0 Å². The fourth-order valence-electron chi connectivity index (χ4n) is 2.46. The maximum atomic E-state index is 12.3. The fourth-order valence-corrected chi connectivity index (χ4v) is 2.46. The number of methoxy groups -OCH3 is 2. The summed E-state index contributed by atoms with van der Waals surface area (Å²) in [6.07, 6.45) is 2.54. The van der Waals surface area contributed by atoms with E-state index in [2.05, 4.69) is 0 Å². The molecule has 0 aromatic heterocycles. The summed E-state index contributed by atoms with van der Waals surface area (Å²) in [5.74, 6) is 0.142. The van der Waals surface area contributed by atoms with Crippen molar-refractivity contribution in [2.24, 2.45) is 0 Å². The first-order chi connectivity index (χ1) is 11.5. The Morgan fingerprint density at radius 1 is 1.38 bits per heavy atom. The summed E-state index contributed by atoms with van der Waals surface area (Å²) in [5, 5.41) is 8.82. The maximum Gasteiger partial charge on any atom is 0.306 e. The summed E-state index contributed by atoms with van der Waals surface area (Å²) >= 11 is 0. The van der Waals surface area contributed by atoms with Crippen LogP contribution in [-0.2, 0) is 14.3 Å². The lowest BCUT2D eigenvalue weighted by atomic mass is 10.1. The highest BCUT2D eigenvalue weighted by molar-refractivity contribution is 5.92. The van der Waals surface area contributed by atoms with Gasteiger partial charge < -0.3 is 24.2 Å². The van der Waals surface area contributed by atoms with Crippen molar-refractivity contribution in [3.63, 3.8) is 0 Å². The minimum atomic E-state index is -0.937. The lowest BCUT2D eigenvalue weighted by Gasteiger charge is -2.31. The van der Waals surface area contributed by atoms with Crippen LogP contribution in [0, 0.1) is 0 Å². The Morgan fingerprint density at radius 3 is 2.83 bits per heavy atom. The standard InChI is InChI=1S/C17H21NO6/c1-22-13-5-3-12(15(9-13)23-2)4-6-16(19)18-7-8-24-14(11-18)10-17(20)21/h3-6,9,14H,7-8,10-11H2,1-2H3,(H,20,21)/b6-4+. The van der Waals surface area contributed by atoms with Gasteiger partial charge in [0.15, 0.2) is 0 Å². The Balaban J connectivity index is 2.03. The first-order valence-electron chi connectivity index (χ1n) is 7.56. The molecular formula is C17H21NO6. The topological polar surface area (TPSA) is 85.3 Å². The number of carbonyl (C=O) groups excluding carboxylic acids is 1. The van der Waals surface area contributed by atoms with Gasteiger partial charge in [0.2, 0.25) is 5.91 Å². The van der Waals surface area contributed by atoms with Gasteiger partial charge in [-0.2, -0.15) is 0 Å². The smallest absolute Gasteiger partial charge is 0.306 e. The first-order valence-corrected chi connectivity index (χ1v) is 7.56. The number of hydrogen-bond donors (Lipinski definition) is 1. The highest BCUT2D eigenvalue weighted by Gasteiger charge is 2.24. The number of aliphatic carboxylic acids is 1. The molecule has 1 atom stereocenters. The van der Waals surface area contributed by atoms with Crippen molar-refractivity contribution < 1.29 is 28.9 Å². The SMILES string of the molecule is COc1ccc(/C=C/C(=O)N2CCOC(CC(=O)O)C2)c(OC)c1. The van der Waals surface area contributed by atoms with Crippen LogP contribution >= 0.6 is 0 Å². The Labute approximate surface area is 140 Å². The third-order valence-electron chi connectivity index (χ3n) is 3.70. The molecule has 130 valence electrons. The molecule has 1 fully saturated rings. The van der Waals surface area contributed by atoms with Crippen LogP contribution in [-0.4, -0.2) is 61.9 Å². The minimum absolute atomic E-state index is 0.111.